The summed E-state index contributed by atoms with van der Waals surface area (Å²) in [7, 11) is 0. The lowest BCUT2D eigenvalue weighted by molar-refractivity contribution is -0.126. The van der Waals surface area contributed by atoms with Crippen molar-refractivity contribution in [2.45, 2.75) is 12.1 Å². The van der Waals surface area contributed by atoms with E-state index in [-0.39, 0.29) is 18.5 Å². The Labute approximate surface area is 116 Å². The predicted octanol–water partition coefficient (Wildman–Crippen LogP) is 0.478. The van der Waals surface area contributed by atoms with Gasteiger partial charge in [-0.25, -0.2) is 0 Å². The highest BCUT2D eigenvalue weighted by Gasteiger charge is 2.21. The number of ether oxygens (including phenoxy) is 1. The topological polar surface area (TPSA) is 70.6 Å². The molecule has 2 atom stereocenters. The summed E-state index contributed by atoms with van der Waals surface area (Å²) in [6.45, 7) is 1.82. The maximum absolute atomic E-state index is 11.8. The Hall–Kier alpha value is -1.14. The molecule has 1 aromatic carbocycles. The minimum Gasteiger partial charge on any atom is -0.387 e. The lowest BCUT2D eigenvalue weighted by Gasteiger charge is -2.23. The average molecular weight is 285 g/mol. The van der Waals surface area contributed by atoms with E-state index in [0.717, 1.165) is 5.56 Å². The lowest BCUT2D eigenvalue weighted by atomic mass is 10.1. The van der Waals surface area contributed by atoms with E-state index in [1.165, 1.54) is 0 Å². The minimum atomic E-state index is -0.745. The number of carbonyl (C=O) groups is 1. The Bertz CT molecular complexity index is 418. The van der Waals surface area contributed by atoms with Crippen molar-refractivity contribution < 1.29 is 14.6 Å². The third kappa shape index (κ3) is 4.18. The summed E-state index contributed by atoms with van der Waals surface area (Å²) in [4.78, 5) is 11.8. The van der Waals surface area contributed by atoms with Crippen LogP contribution >= 0.6 is 11.6 Å². The molecule has 2 rings (SSSR count). The van der Waals surface area contributed by atoms with Crippen molar-refractivity contribution in [3.8, 4) is 0 Å². The van der Waals surface area contributed by atoms with Crippen molar-refractivity contribution in [2.75, 3.05) is 26.3 Å². The quantitative estimate of drug-likeness (QED) is 0.752. The van der Waals surface area contributed by atoms with Crippen LogP contribution in [0.2, 0.25) is 5.02 Å². The number of aliphatic hydroxyl groups is 1. The Morgan fingerprint density at radius 1 is 1.53 bits per heavy atom. The molecular weight excluding hydrogens is 268 g/mol. The second kappa shape index (κ2) is 6.86. The van der Waals surface area contributed by atoms with Gasteiger partial charge in [0.15, 0.2) is 0 Å². The first-order valence-electron chi connectivity index (χ1n) is 6.19. The van der Waals surface area contributed by atoms with E-state index in [0.29, 0.717) is 24.8 Å². The van der Waals surface area contributed by atoms with Crippen molar-refractivity contribution in [3.63, 3.8) is 0 Å². The summed E-state index contributed by atoms with van der Waals surface area (Å²) in [5.41, 5.74) is 0.720. The number of morpholine rings is 1. The third-order valence-corrected chi connectivity index (χ3v) is 3.21. The molecule has 0 bridgehead atoms. The van der Waals surface area contributed by atoms with Gasteiger partial charge in [-0.3, -0.25) is 4.79 Å². The van der Waals surface area contributed by atoms with E-state index in [9.17, 15) is 9.90 Å². The highest BCUT2D eigenvalue weighted by atomic mass is 35.5. The molecule has 0 spiro atoms. The van der Waals surface area contributed by atoms with Crippen molar-refractivity contribution in [3.05, 3.63) is 34.9 Å². The lowest BCUT2D eigenvalue weighted by Crippen LogP contribution is -2.51. The number of rotatable bonds is 4. The van der Waals surface area contributed by atoms with Crippen molar-refractivity contribution in [1.29, 1.82) is 0 Å². The van der Waals surface area contributed by atoms with Gasteiger partial charge in [0.05, 0.1) is 19.3 Å². The van der Waals surface area contributed by atoms with E-state index >= 15 is 0 Å². The van der Waals surface area contributed by atoms with E-state index < -0.39 is 6.10 Å². The highest BCUT2D eigenvalue weighted by Crippen LogP contribution is 2.15. The monoisotopic (exact) mass is 284 g/mol. The van der Waals surface area contributed by atoms with Crippen LogP contribution in [0.3, 0.4) is 0 Å². The molecule has 19 heavy (non-hydrogen) atoms. The van der Waals surface area contributed by atoms with Crippen LogP contribution in [0.25, 0.3) is 0 Å². The van der Waals surface area contributed by atoms with Crippen LogP contribution in [0.15, 0.2) is 24.3 Å². The fraction of sp³-hybridized carbons (Fsp3) is 0.462. The number of carbonyl (C=O) groups excluding carboxylic acids is 1. The smallest absolute Gasteiger partial charge is 0.239 e. The molecule has 1 heterocycles. The van der Waals surface area contributed by atoms with Gasteiger partial charge in [0.2, 0.25) is 5.91 Å². The van der Waals surface area contributed by atoms with Gasteiger partial charge in [0.25, 0.3) is 0 Å². The van der Waals surface area contributed by atoms with Gasteiger partial charge in [-0.1, -0.05) is 23.7 Å². The molecule has 1 fully saturated rings. The zero-order valence-electron chi connectivity index (χ0n) is 10.4. The second-order valence-electron chi connectivity index (χ2n) is 4.39. The average Bonchev–Trinajstić information content (AvgIpc) is 2.46. The van der Waals surface area contributed by atoms with Crippen molar-refractivity contribution in [2.24, 2.45) is 0 Å². The summed E-state index contributed by atoms with van der Waals surface area (Å²) in [6.07, 6.45) is -0.745. The van der Waals surface area contributed by atoms with Crippen LogP contribution in [0.1, 0.15) is 11.7 Å². The van der Waals surface area contributed by atoms with Crippen LogP contribution < -0.4 is 10.6 Å². The van der Waals surface area contributed by atoms with Gasteiger partial charge in [0, 0.05) is 18.1 Å². The molecule has 0 saturated carbocycles. The van der Waals surface area contributed by atoms with E-state index in [1.807, 2.05) is 0 Å². The molecule has 0 aliphatic carbocycles. The van der Waals surface area contributed by atoms with Gasteiger partial charge in [-0.05, 0) is 17.7 Å². The zero-order valence-corrected chi connectivity index (χ0v) is 11.2. The van der Waals surface area contributed by atoms with Crippen molar-refractivity contribution in [1.82, 2.24) is 10.6 Å². The molecule has 104 valence electrons. The molecule has 0 aromatic heterocycles. The summed E-state index contributed by atoms with van der Waals surface area (Å²) < 4.78 is 5.21. The molecule has 1 aliphatic heterocycles. The number of hydrogen-bond acceptors (Lipinski definition) is 4. The summed E-state index contributed by atoms with van der Waals surface area (Å²) in [5.74, 6) is -0.160. The molecule has 6 heteroatoms. The fourth-order valence-electron chi connectivity index (χ4n) is 1.86. The van der Waals surface area contributed by atoms with Crippen LogP contribution in [0.4, 0.5) is 0 Å². The Morgan fingerprint density at radius 3 is 2.89 bits per heavy atom. The SMILES string of the molecule is O=C(NC[C@H](O)c1ccc(Cl)cc1)[C@H]1COCCN1. The first kappa shape index (κ1) is 14.3. The Kier molecular flexibility index (Phi) is 5.15. The van der Waals surface area contributed by atoms with Crippen LogP contribution in [0.5, 0.6) is 0 Å². The van der Waals surface area contributed by atoms with Gasteiger partial charge >= 0.3 is 0 Å². The minimum absolute atomic E-state index is 0.160. The van der Waals surface area contributed by atoms with Crippen LogP contribution in [0, 0.1) is 0 Å². The van der Waals surface area contributed by atoms with Crippen molar-refractivity contribution >= 4 is 17.5 Å². The largest absolute Gasteiger partial charge is 0.387 e. The maximum atomic E-state index is 11.8. The number of amides is 1. The highest BCUT2D eigenvalue weighted by molar-refractivity contribution is 6.30. The van der Waals surface area contributed by atoms with Crippen LogP contribution in [-0.4, -0.2) is 43.4 Å². The molecule has 0 radical (unpaired) electrons. The molecule has 1 amide bonds. The molecule has 0 unspecified atom stereocenters. The number of nitrogens with one attached hydrogen (secondary N) is 2. The standard InChI is InChI=1S/C13H17ClN2O3/c14-10-3-1-9(2-4-10)12(17)7-16-13(18)11-8-19-6-5-15-11/h1-4,11-12,15,17H,5-8H2,(H,16,18)/t11-,12+/m1/s1. The normalized spacial score (nSPS) is 20.8. The van der Waals surface area contributed by atoms with E-state index in [2.05, 4.69) is 10.6 Å². The van der Waals surface area contributed by atoms with E-state index in [4.69, 9.17) is 16.3 Å². The Balaban J connectivity index is 1.80. The molecule has 3 N–H and O–H groups in total. The molecule has 1 aliphatic rings. The second-order valence-corrected chi connectivity index (χ2v) is 4.83. The maximum Gasteiger partial charge on any atom is 0.239 e. The van der Waals surface area contributed by atoms with E-state index in [1.54, 1.807) is 24.3 Å². The zero-order chi connectivity index (χ0) is 13.7. The molecule has 1 saturated heterocycles. The number of hydrogen-bond donors (Lipinski definition) is 3. The van der Waals surface area contributed by atoms with Gasteiger partial charge in [-0.2, -0.15) is 0 Å². The van der Waals surface area contributed by atoms with Crippen LogP contribution in [-0.2, 0) is 9.53 Å². The van der Waals surface area contributed by atoms with Gasteiger partial charge in [0.1, 0.15) is 6.04 Å². The number of aliphatic hydroxyl groups excluding tert-OH is 1. The Morgan fingerprint density at radius 2 is 2.26 bits per heavy atom. The fourth-order valence-corrected chi connectivity index (χ4v) is 1.98. The van der Waals surface area contributed by atoms with Gasteiger partial charge in [-0.15, -0.1) is 0 Å². The predicted molar refractivity (Wildman–Crippen MR) is 72.0 cm³/mol. The molecule has 1 aromatic rings. The number of benzene rings is 1. The molecular formula is C13H17ClN2O3. The number of halogens is 1. The summed E-state index contributed by atoms with van der Waals surface area (Å²) in [5, 5.41) is 16.3. The third-order valence-electron chi connectivity index (χ3n) is 2.96. The first-order chi connectivity index (χ1) is 9.16. The summed E-state index contributed by atoms with van der Waals surface area (Å²) >= 11 is 5.77. The van der Waals surface area contributed by atoms with Gasteiger partial charge < -0.3 is 20.5 Å². The first-order valence-corrected chi connectivity index (χ1v) is 6.57. The molecule has 5 nitrogen and oxygen atoms in total. The summed E-state index contributed by atoms with van der Waals surface area (Å²) in [6, 6.07) is 6.55.